The van der Waals surface area contributed by atoms with Gasteiger partial charge in [-0.1, -0.05) is 33.6 Å². The summed E-state index contributed by atoms with van der Waals surface area (Å²) in [5.41, 5.74) is 0.0640. The largest absolute Gasteiger partial charge is 0.550 e. The third kappa shape index (κ3) is 5.21. The van der Waals surface area contributed by atoms with Crippen molar-refractivity contribution in [1.82, 2.24) is 0 Å². The molecule has 10 atom stereocenters. The van der Waals surface area contributed by atoms with Crippen molar-refractivity contribution < 1.29 is 30.1 Å². The van der Waals surface area contributed by atoms with Gasteiger partial charge in [-0.05, 0) is 97.7 Å². The lowest BCUT2D eigenvalue weighted by atomic mass is 9.43. The average molecular weight is 482 g/mol. The number of fused-ring (bicyclic) bond motifs is 5. The summed E-state index contributed by atoms with van der Waals surface area (Å²) in [6, 6.07) is 0. The van der Waals surface area contributed by atoms with Crippen LogP contribution in [0, 0.1) is 46.3 Å². The molecule has 0 spiro atoms. The van der Waals surface area contributed by atoms with Crippen LogP contribution in [0.5, 0.6) is 0 Å². The van der Waals surface area contributed by atoms with Gasteiger partial charge in [0.1, 0.15) is 6.54 Å². The van der Waals surface area contributed by atoms with E-state index in [1.807, 2.05) is 14.1 Å². The van der Waals surface area contributed by atoms with Gasteiger partial charge >= 0.3 is 0 Å². The Hall–Kier alpha value is -0.690. The number of carbonyl (C=O) groups is 1. The van der Waals surface area contributed by atoms with Gasteiger partial charge in [0.05, 0.1) is 32.9 Å². The summed E-state index contributed by atoms with van der Waals surface area (Å²) in [5, 5.41) is 41.9. The first-order valence-electron chi connectivity index (χ1n) is 13.9. The number of likely N-dealkylation sites (N-methyl/N-ethyl adjacent to an activating group) is 1. The van der Waals surface area contributed by atoms with Gasteiger partial charge in [-0.2, -0.15) is 0 Å². The molecule has 0 aromatic heterocycles. The zero-order valence-electron chi connectivity index (χ0n) is 22.3. The van der Waals surface area contributed by atoms with Gasteiger partial charge in [0.15, 0.2) is 0 Å². The van der Waals surface area contributed by atoms with Gasteiger partial charge in [0.25, 0.3) is 0 Å². The highest BCUT2D eigenvalue weighted by atomic mass is 16.4. The van der Waals surface area contributed by atoms with E-state index < -0.39 is 5.97 Å². The molecule has 0 aliphatic heterocycles. The molecule has 0 aromatic carbocycles. The molecule has 4 rings (SSSR count). The Bertz CT molecular complexity index is 686. The standard InChI is InChI=1S/C24H40O4.C4H11NO/c1-14(7-10-21(27)28)16-8-9-17-22-18(13-20(26)24(16,17)3)23(2)11-5-4-6-15(23)12-19(22)25;1-5(2)3-4-6/h14-20,22,25-26H,4-13H2,1-3H3,(H,27,28);6H,3-4H2,1-2H3. The maximum atomic E-state index is 11.5. The van der Waals surface area contributed by atoms with Crippen molar-refractivity contribution in [3.63, 3.8) is 0 Å². The molecule has 0 radical (unpaired) electrons. The Kier molecular flexibility index (Phi) is 9.14. The fourth-order valence-electron chi connectivity index (χ4n) is 8.96. The van der Waals surface area contributed by atoms with Crippen LogP contribution >= 0.6 is 0 Å². The molecule has 198 valence electrons. The van der Waals surface area contributed by atoms with Gasteiger partial charge in [-0.25, -0.2) is 0 Å². The summed E-state index contributed by atoms with van der Waals surface area (Å²) in [4.78, 5) is 12.2. The molecule has 0 aromatic rings. The van der Waals surface area contributed by atoms with E-state index in [1.54, 1.807) is 0 Å². The summed E-state index contributed by atoms with van der Waals surface area (Å²) < 4.78 is 0. The van der Waals surface area contributed by atoms with Crippen LogP contribution in [-0.4, -0.2) is 60.7 Å². The molecule has 4 fully saturated rings. The molecule has 4 N–H and O–H groups in total. The summed E-state index contributed by atoms with van der Waals surface area (Å²) in [5.74, 6) is 1.29. The molecule has 34 heavy (non-hydrogen) atoms. The molecular weight excluding hydrogens is 430 g/mol. The minimum Gasteiger partial charge on any atom is -0.550 e. The van der Waals surface area contributed by atoms with Crippen LogP contribution in [0.1, 0.15) is 85.0 Å². The molecule has 4 aliphatic carbocycles. The minimum absolute atomic E-state index is 0.100. The highest BCUT2D eigenvalue weighted by Gasteiger charge is 2.65. The molecule has 4 aliphatic rings. The van der Waals surface area contributed by atoms with Crippen LogP contribution in [0.4, 0.5) is 0 Å². The number of carboxylic acids is 1. The Morgan fingerprint density at radius 2 is 1.79 bits per heavy atom. The fraction of sp³-hybridized carbons (Fsp3) is 0.964. The third-order valence-corrected chi connectivity index (χ3v) is 10.9. The SMILES string of the molecule is CC(CCC(=O)[O-])C1CCC2C3C(O)CC4CCCCC4(C)C3CC(O)C12C.C[NH+](C)CCO. The van der Waals surface area contributed by atoms with E-state index in [0.717, 1.165) is 32.2 Å². The van der Waals surface area contributed by atoms with E-state index in [-0.39, 0.29) is 35.4 Å². The van der Waals surface area contributed by atoms with Crippen LogP contribution in [0.15, 0.2) is 0 Å². The molecule has 0 heterocycles. The van der Waals surface area contributed by atoms with E-state index in [1.165, 1.54) is 30.6 Å². The second-order valence-corrected chi connectivity index (χ2v) is 12.9. The van der Waals surface area contributed by atoms with Gasteiger partial charge in [-0.3, -0.25) is 0 Å². The maximum absolute atomic E-state index is 11.5. The molecule has 6 nitrogen and oxygen atoms in total. The fourth-order valence-corrected chi connectivity index (χ4v) is 8.96. The first kappa shape index (κ1) is 27.9. The van der Waals surface area contributed by atoms with Crippen molar-refractivity contribution in [2.45, 2.75) is 97.2 Å². The highest BCUT2D eigenvalue weighted by molar-refractivity contribution is 5.64. The summed E-state index contributed by atoms with van der Waals surface area (Å²) in [6.07, 6.45) is 9.04. The molecule has 0 bridgehead atoms. The number of hydrogen-bond acceptors (Lipinski definition) is 5. The number of aliphatic hydroxyl groups excluding tert-OH is 3. The number of aliphatic carboxylic acids is 1. The van der Waals surface area contributed by atoms with E-state index in [4.69, 9.17) is 5.11 Å². The Morgan fingerprint density at radius 3 is 2.38 bits per heavy atom. The lowest BCUT2D eigenvalue weighted by Gasteiger charge is -2.63. The van der Waals surface area contributed by atoms with Gasteiger partial charge in [0, 0.05) is 5.97 Å². The predicted molar refractivity (Wildman–Crippen MR) is 131 cm³/mol. The van der Waals surface area contributed by atoms with Crippen molar-refractivity contribution in [3.05, 3.63) is 0 Å². The number of rotatable bonds is 6. The molecule has 4 saturated carbocycles. The predicted octanol–water partition coefficient (Wildman–Crippen LogP) is 1.27. The van der Waals surface area contributed by atoms with Crippen LogP contribution in [-0.2, 0) is 4.79 Å². The van der Waals surface area contributed by atoms with Crippen molar-refractivity contribution in [1.29, 1.82) is 0 Å². The highest BCUT2D eigenvalue weighted by Crippen LogP contribution is 2.68. The number of quaternary nitrogens is 1. The first-order chi connectivity index (χ1) is 16.0. The van der Waals surface area contributed by atoms with Gasteiger partial charge in [-0.15, -0.1) is 0 Å². The van der Waals surface area contributed by atoms with Crippen LogP contribution in [0.3, 0.4) is 0 Å². The topological polar surface area (TPSA) is 105 Å². The molecule has 0 amide bonds. The molecular formula is C28H51NO5. The smallest absolute Gasteiger partial charge is 0.100 e. The second kappa shape index (κ2) is 11.1. The molecule has 6 heteroatoms. The number of carboxylic acid groups (broad SMARTS) is 1. The van der Waals surface area contributed by atoms with Crippen LogP contribution in [0.2, 0.25) is 0 Å². The van der Waals surface area contributed by atoms with Crippen molar-refractivity contribution in [2.75, 3.05) is 27.2 Å². The van der Waals surface area contributed by atoms with E-state index >= 15 is 0 Å². The lowest BCUT2D eigenvalue weighted by Crippen LogP contribution is -3.06. The monoisotopic (exact) mass is 481 g/mol. The van der Waals surface area contributed by atoms with E-state index in [2.05, 4.69) is 20.8 Å². The van der Waals surface area contributed by atoms with Gasteiger partial charge < -0.3 is 30.1 Å². The number of nitrogens with one attached hydrogen (secondary N) is 1. The summed E-state index contributed by atoms with van der Waals surface area (Å²) in [7, 11) is 4.02. The Morgan fingerprint density at radius 1 is 1.09 bits per heavy atom. The third-order valence-electron chi connectivity index (χ3n) is 10.9. The second-order valence-electron chi connectivity index (χ2n) is 12.9. The number of aliphatic hydroxyl groups is 3. The van der Waals surface area contributed by atoms with Crippen molar-refractivity contribution in [3.8, 4) is 0 Å². The maximum Gasteiger partial charge on any atom is 0.100 e. The summed E-state index contributed by atoms with van der Waals surface area (Å²) in [6.45, 7) is 7.98. The Labute approximate surface area is 207 Å². The number of hydrogen-bond donors (Lipinski definition) is 4. The lowest BCUT2D eigenvalue weighted by molar-refractivity contribution is -0.858. The quantitative estimate of drug-likeness (QED) is 0.457. The molecule has 10 unspecified atom stereocenters. The Balaban J connectivity index is 0.000000481. The molecule has 0 saturated heterocycles. The normalized spacial score (nSPS) is 44.3. The van der Waals surface area contributed by atoms with Crippen molar-refractivity contribution >= 4 is 5.97 Å². The minimum atomic E-state index is -0.977. The average Bonchev–Trinajstić information content (AvgIpc) is 3.12. The summed E-state index contributed by atoms with van der Waals surface area (Å²) >= 11 is 0. The van der Waals surface area contributed by atoms with Crippen molar-refractivity contribution in [2.24, 2.45) is 46.3 Å². The zero-order chi connectivity index (χ0) is 25.3. The van der Waals surface area contributed by atoms with Crippen LogP contribution in [0.25, 0.3) is 0 Å². The van der Waals surface area contributed by atoms with Gasteiger partial charge in [0.2, 0.25) is 0 Å². The van der Waals surface area contributed by atoms with Crippen LogP contribution < -0.4 is 10.0 Å². The number of carbonyl (C=O) groups excluding carboxylic acids is 1. The van der Waals surface area contributed by atoms with E-state index in [0.29, 0.717) is 42.6 Å². The zero-order valence-corrected chi connectivity index (χ0v) is 22.3. The first-order valence-corrected chi connectivity index (χ1v) is 13.9. The van der Waals surface area contributed by atoms with E-state index in [9.17, 15) is 20.1 Å².